The van der Waals surface area contributed by atoms with Crippen LogP contribution in [0.15, 0.2) is 29.1 Å². The summed E-state index contributed by atoms with van der Waals surface area (Å²) in [5.41, 5.74) is 7.33. The van der Waals surface area contributed by atoms with Crippen molar-refractivity contribution in [2.24, 2.45) is 0 Å². The minimum Gasteiger partial charge on any atom is -0.381 e. The van der Waals surface area contributed by atoms with Crippen molar-refractivity contribution in [2.45, 2.75) is 19.4 Å². The molecule has 0 aliphatic heterocycles. The lowest BCUT2D eigenvalue weighted by molar-refractivity contribution is 0.0826. The highest BCUT2D eigenvalue weighted by Crippen LogP contribution is 2.12. The van der Waals surface area contributed by atoms with Gasteiger partial charge in [0.15, 0.2) is 5.82 Å². The molecule has 3 aromatic rings. The number of nitrogens with zero attached hydrogens (tertiary/aromatic N) is 5. The number of carbonyl (C=O) groups excluding carboxylic acids is 1. The monoisotopic (exact) mass is 364 g/mol. The summed E-state index contributed by atoms with van der Waals surface area (Å²) in [4.78, 5) is 31.3. The molecular formula is C19H20N6O2. The highest BCUT2D eigenvalue weighted by Gasteiger charge is 2.17. The van der Waals surface area contributed by atoms with Crippen LogP contribution in [0, 0.1) is 0 Å². The summed E-state index contributed by atoms with van der Waals surface area (Å²) in [7, 11) is 3.39. The van der Waals surface area contributed by atoms with Gasteiger partial charge in [-0.3, -0.25) is 4.79 Å². The van der Waals surface area contributed by atoms with Crippen LogP contribution in [0.25, 0.3) is 17.8 Å². The molecule has 1 amide bonds. The largest absolute Gasteiger partial charge is 0.381 e. The topological polar surface area (TPSA) is 98.5 Å². The standard InChI is InChI=1S/C19H20N6O2/c1-23(2)18(26)13-8-4-3-7-12(13)11-24-19(27)25-15-10-6-5-9-14(15)21-16(20)17(25)22-24/h3-4,7-10H,5-6,11H2,1-2H3,(H2,20,21). The Bertz CT molecular complexity index is 1240. The summed E-state index contributed by atoms with van der Waals surface area (Å²) in [6, 6.07) is 7.21. The molecule has 27 heavy (non-hydrogen) atoms. The van der Waals surface area contributed by atoms with Gasteiger partial charge in [-0.15, -0.1) is 5.10 Å². The molecule has 2 heterocycles. The first-order chi connectivity index (χ1) is 13.0. The fourth-order valence-electron chi connectivity index (χ4n) is 3.30. The van der Waals surface area contributed by atoms with E-state index in [-0.39, 0.29) is 24.0 Å². The van der Waals surface area contributed by atoms with Crippen molar-refractivity contribution in [2.75, 3.05) is 19.8 Å². The van der Waals surface area contributed by atoms with Gasteiger partial charge >= 0.3 is 5.69 Å². The van der Waals surface area contributed by atoms with E-state index in [1.807, 2.05) is 24.3 Å². The fourth-order valence-corrected chi connectivity index (χ4v) is 3.30. The van der Waals surface area contributed by atoms with E-state index in [4.69, 9.17) is 5.73 Å². The predicted molar refractivity (Wildman–Crippen MR) is 103 cm³/mol. The van der Waals surface area contributed by atoms with Gasteiger partial charge in [0.25, 0.3) is 5.91 Å². The molecule has 0 atom stereocenters. The third-order valence-corrected chi connectivity index (χ3v) is 4.63. The number of hydrogen-bond donors (Lipinski definition) is 1. The highest BCUT2D eigenvalue weighted by molar-refractivity contribution is 5.95. The zero-order chi connectivity index (χ0) is 19.1. The number of carbonyl (C=O) groups is 1. The Balaban J connectivity index is 1.89. The molecule has 0 spiro atoms. The molecular weight excluding hydrogens is 344 g/mol. The Morgan fingerprint density at radius 2 is 1.96 bits per heavy atom. The molecule has 2 N–H and O–H groups in total. The van der Waals surface area contributed by atoms with Gasteiger partial charge in [-0.05, 0) is 24.5 Å². The first-order valence-electron chi connectivity index (χ1n) is 8.72. The maximum atomic E-state index is 13.0. The van der Waals surface area contributed by atoms with Gasteiger partial charge in [0.05, 0.1) is 17.2 Å². The van der Waals surface area contributed by atoms with Crippen LogP contribution in [-0.2, 0) is 6.54 Å². The van der Waals surface area contributed by atoms with Crippen molar-refractivity contribution in [1.29, 1.82) is 0 Å². The Labute approximate surface area is 154 Å². The molecule has 0 bridgehead atoms. The summed E-state index contributed by atoms with van der Waals surface area (Å²) in [6.45, 7) is 0.175. The number of nitrogens with two attached hydrogens (primary N) is 1. The third-order valence-electron chi connectivity index (χ3n) is 4.63. The Hall–Kier alpha value is -3.42. The van der Waals surface area contributed by atoms with Crippen molar-refractivity contribution in [3.63, 3.8) is 0 Å². The molecule has 8 heteroatoms. The maximum absolute atomic E-state index is 13.0. The van der Waals surface area contributed by atoms with Crippen LogP contribution in [0.1, 0.15) is 28.8 Å². The van der Waals surface area contributed by atoms with Crippen molar-refractivity contribution in [3.05, 3.63) is 56.6 Å². The van der Waals surface area contributed by atoms with Crippen LogP contribution < -0.4 is 22.1 Å². The van der Waals surface area contributed by atoms with Gasteiger partial charge in [0.2, 0.25) is 5.65 Å². The number of nitrogen functional groups attached to an aromatic ring is 1. The van der Waals surface area contributed by atoms with E-state index in [0.717, 1.165) is 23.8 Å². The summed E-state index contributed by atoms with van der Waals surface area (Å²) in [5, 5.41) is 5.81. The van der Waals surface area contributed by atoms with Gasteiger partial charge in [-0.25, -0.2) is 18.9 Å². The van der Waals surface area contributed by atoms with Crippen molar-refractivity contribution in [3.8, 4) is 0 Å². The third kappa shape index (κ3) is 2.79. The number of anilines is 1. The SMILES string of the molecule is CN(C)C(=O)c1ccccc1Cn1nc2c(N)nc3c(n2c1=O)=CCCC=3. The number of amides is 1. The second kappa shape index (κ2) is 6.39. The van der Waals surface area contributed by atoms with E-state index in [1.165, 1.54) is 14.0 Å². The molecule has 0 radical (unpaired) electrons. The molecule has 0 fully saturated rings. The van der Waals surface area contributed by atoms with Gasteiger partial charge < -0.3 is 10.6 Å². The quantitative estimate of drug-likeness (QED) is 0.681. The minimum absolute atomic E-state index is 0.121. The molecule has 4 rings (SSSR count). The molecule has 1 aliphatic carbocycles. The second-order valence-corrected chi connectivity index (χ2v) is 6.71. The summed E-state index contributed by atoms with van der Waals surface area (Å²) < 4.78 is 2.83. The van der Waals surface area contributed by atoms with E-state index >= 15 is 0 Å². The molecule has 1 aromatic carbocycles. The predicted octanol–water partition coefficient (Wildman–Crippen LogP) is -0.422. The van der Waals surface area contributed by atoms with Crippen LogP contribution in [0.4, 0.5) is 5.82 Å². The Kier molecular flexibility index (Phi) is 4.02. The van der Waals surface area contributed by atoms with Gasteiger partial charge in [-0.1, -0.05) is 30.4 Å². The molecule has 0 saturated heterocycles. The first kappa shape index (κ1) is 17.0. The molecule has 2 aromatic heterocycles. The number of aromatic nitrogens is 4. The van der Waals surface area contributed by atoms with Gasteiger partial charge in [0.1, 0.15) is 0 Å². The first-order valence-corrected chi connectivity index (χ1v) is 8.72. The normalized spacial score (nSPS) is 13.0. The summed E-state index contributed by atoms with van der Waals surface area (Å²) in [5.74, 6) is 0.0951. The average molecular weight is 364 g/mol. The zero-order valence-electron chi connectivity index (χ0n) is 15.2. The highest BCUT2D eigenvalue weighted by atomic mass is 16.2. The van der Waals surface area contributed by atoms with Crippen LogP contribution in [0.3, 0.4) is 0 Å². The summed E-state index contributed by atoms with van der Waals surface area (Å²) >= 11 is 0. The van der Waals surface area contributed by atoms with Gasteiger partial charge in [0, 0.05) is 19.7 Å². The minimum atomic E-state index is -0.297. The molecule has 0 unspecified atom stereocenters. The van der Waals surface area contributed by atoms with Gasteiger partial charge in [-0.2, -0.15) is 0 Å². The van der Waals surface area contributed by atoms with Crippen molar-refractivity contribution >= 4 is 29.5 Å². The lowest BCUT2D eigenvalue weighted by atomic mass is 10.1. The average Bonchev–Trinajstić information content (AvgIpc) is 2.99. The van der Waals surface area contributed by atoms with E-state index in [2.05, 4.69) is 10.1 Å². The maximum Gasteiger partial charge on any atom is 0.351 e. The lowest BCUT2D eigenvalue weighted by Gasteiger charge is -2.13. The van der Waals surface area contributed by atoms with E-state index in [9.17, 15) is 9.59 Å². The molecule has 8 nitrogen and oxygen atoms in total. The Morgan fingerprint density at radius 3 is 2.74 bits per heavy atom. The van der Waals surface area contributed by atoms with Crippen molar-refractivity contribution in [1.82, 2.24) is 24.1 Å². The lowest BCUT2D eigenvalue weighted by Crippen LogP contribution is -2.41. The van der Waals surface area contributed by atoms with Crippen LogP contribution in [0.2, 0.25) is 0 Å². The molecule has 1 aliphatic rings. The Morgan fingerprint density at radius 1 is 1.22 bits per heavy atom. The summed E-state index contributed by atoms with van der Waals surface area (Å²) in [6.07, 6.45) is 5.66. The molecule has 138 valence electrons. The number of rotatable bonds is 3. The fraction of sp³-hybridized carbons (Fsp3) is 0.263. The smallest absolute Gasteiger partial charge is 0.351 e. The number of fused-ring (bicyclic) bond motifs is 3. The second-order valence-electron chi connectivity index (χ2n) is 6.71. The van der Waals surface area contributed by atoms with Crippen LogP contribution in [-0.4, -0.2) is 44.1 Å². The number of benzene rings is 1. The van der Waals surface area contributed by atoms with E-state index in [0.29, 0.717) is 16.6 Å². The molecule has 0 saturated carbocycles. The van der Waals surface area contributed by atoms with E-state index < -0.39 is 0 Å². The number of hydrogen-bond acceptors (Lipinski definition) is 5. The van der Waals surface area contributed by atoms with Crippen LogP contribution in [0.5, 0.6) is 0 Å². The zero-order valence-corrected chi connectivity index (χ0v) is 15.2. The van der Waals surface area contributed by atoms with E-state index in [1.54, 1.807) is 26.2 Å². The van der Waals surface area contributed by atoms with Crippen molar-refractivity contribution < 1.29 is 4.79 Å². The van der Waals surface area contributed by atoms with Crippen LogP contribution >= 0.6 is 0 Å².